The van der Waals surface area contributed by atoms with E-state index in [1.165, 1.54) is 4.90 Å². The Morgan fingerprint density at radius 1 is 1.32 bits per heavy atom. The SMILES string of the molecule is C=CNC(CCNC(C)(COC)C(=O)N(C)C(C)(Oc1ccccc1)C(=C)Cl)=NCC. The largest absolute Gasteiger partial charge is 0.463 e. The smallest absolute Gasteiger partial charge is 0.248 e. The molecule has 0 saturated heterocycles. The second-order valence-electron chi connectivity index (χ2n) is 7.38. The zero-order valence-electron chi connectivity index (χ0n) is 19.2. The van der Waals surface area contributed by atoms with Gasteiger partial charge in [-0.1, -0.05) is 43.0 Å². The summed E-state index contributed by atoms with van der Waals surface area (Å²) >= 11 is 6.32. The number of para-hydroxylation sites is 1. The number of nitrogens with zero attached hydrogens (tertiary/aromatic N) is 2. The molecule has 0 bridgehead atoms. The fourth-order valence-electron chi connectivity index (χ4n) is 3.03. The number of rotatable bonds is 13. The lowest BCUT2D eigenvalue weighted by Crippen LogP contribution is -2.64. The van der Waals surface area contributed by atoms with E-state index in [0.717, 1.165) is 5.84 Å². The van der Waals surface area contributed by atoms with Crippen LogP contribution in [0.5, 0.6) is 5.75 Å². The zero-order valence-corrected chi connectivity index (χ0v) is 20.0. The fraction of sp³-hybridized carbons (Fsp3) is 0.478. The van der Waals surface area contributed by atoms with Crippen LogP contribution >= 0.6 is 11.6 Å². The second-order valence-corrected chi connectivity index (χ2v) is 7.83. The third-order valence-electron chi connectivity index (χ3n) is 4.91. The van der Waals surface area contributed by atoms with Gasteiger partial charge in [0.2, 0.25) is 11.6 Å². The predicted octanol–water partition coefficient (Wildman–Crippen LogP) is 3.53. The van der Waals surface area contributed by atoms with Gasteiger partial charge >= 0.3 is 0 Å². The van der Waals surface area contributed by atoms with Crippen LogP contribution < -0.4 is 15.4 Å². The van der Waals surface area contributed by atoms with E-state index < -0.39 is 11.3 Å². The van der Waals surface area contributed by atoms with Crippen molar-refractivity contribution < 1.29 is 14.3 Å². The molecular formula is C23H35ClN4O3. The van der Waals surface area contributed by atoms with Gasteiger partial charge in [-0.15, -0.1) is 0 Å². The molecule has 31 heavy (non-hydrogen) atoms. The summed E-state index contributed by atoms with van der Waals surface area (Å²) in [5.41, 5.74) is -2.29. The van der Waals surface area contributed by atoms with E-state index in [4.69, 9.17) is 21.1 Å². The number of amidine groups is 1. The van der Waals surface area contributed by atoms with Crippen LogP contribution in [0, 0.1) is 0 Å². The minimum atomic E-state index is -1.27. The first kappa shape index (κ1) is 26.7. The molecule has 172 valence electrons. The first-order valence-corrected chi connectivity index (χ1v) is 10.5. The number of hydrogen-bond donors (Lipinski definition) is 2. The van der Waals surface area contributed by atoms with Gasteiger partial charge in [-0.2, -0.15) is 0 Å². The average Bonchev–Trinajstić information content (AvgIpc) is 2.73. The summed E-state index contributed by atoms with van der Waals surface area (Å²) in [5, 5.41) is 6.50. The molecule has 0 saturated carbocycles. The predicted molar refractivity (Wildman–Crippen MR) is 127 cm³/mol. The molecule has 0 radical (unpaired) electrons. The molecule has 1 aromatic rings. The van der Waals surface area contributed by atoms with E-state index >= 15 is 0 Å². The average molecular weight is 451 g/mol. The molecule has 0 aliphatic carbocycles. The second kappa shape index (κ2) is 12.5. The van der Waals surface area contributed by atoms with Gasteiger partial charge in [-0.3, -0.25) is 9.79 Å². The molecule has 0 spiro atoms. The highest BCUT2D eigenvalue weighted by atomic mass is 35.5. The van der Waals surface area contributed by atoms with Gasteiger partial charge in [0.1, 0.15) is 17.1 Å². The van der Waals surface area contributed by atoms with Gasteiger partial charge < -0.3 is 25.0 Å². The number of benzene rings is 1. The van der Waals surface area contributed by atoms with Gasteiger partial charge in [0.15, 0.2) is 0 Å². The van der Waals surface area contributed by atoms with Crippen molar-refractivity contribution in [2.24, 2.45) is 4.99 Å². The molecule has 2 atom stereocenters. The first-order valence-electron chi connectivity index (χ1n) is 10.2. The van der Waals surface area contributed by atoms with Crippen molar-refractivity contribution in [2.45, 2.75) is 38.5 Å². The Labute approximate surface area is 191 Å². The summed E-state index contributed by atoms with van der Waals surface area (Å²) in [6.45, 7) is 14.3. The normalized spacial score (nSPS) is 15.4. The number of halogens is 1. The third-order valence-corrected chi connectivity index (χ3v) is 5.26. The van der Waals surface area contributed by atoms with E-state index in [1.54, 1.807) is 46.3 Å². The monoisotopic (exact) mass is 450 g/mol. The Morgan fingerprint density at radius 2 is 1.97 bits per heavy atom. The lowest BCUT2D eigenvalue weighted by molar-refractivity contribution is -0.151. The van der Waals surface area contributed by atoms with E-state index in [0.29, 0.717) is 25.3 Å². The highest BCUT2D eigenvalue weighted by Gasteiger charge is 2.44. The van der Waals surface area contributed by atoms with Crippen molar-refractivity contribution in [3.63, 3.8) is 0 Å². The fourth-order valence-corrected chi connectivity index (χ4v) is 3.19. The van der Waals surface area contributed by atoms with Gasteiger partial charge in [0.25, 0.3) is 0 Å². The van der Waals surface area contributed by atoms with Crippen LogP contribution in [0.1, 0.15) is 27.2 Å². The Bertz CT molecular complexity index is 771. The summed E-state index contributed by atoms with van der Waals surface area (Å²) in [6.07, 6.45) is 2.18. The van der Waals surface area contributed by atoms with Crippen molar-refractivity contribution in [1.29, 1.82) is 0 Å². The maximum Gasteiger partial charge on any atom is 0.248 e. The quantitative estimate of drug-likeness (QED) is 0.273. The highest BCUT2D eigenvalue weighted by Crippen LogP contribution is 2.31. The van der Waals surface area contributed by atoms with Crippen LogP contribution in [0.4, 0.5) is 0 Å². The summed E-state index contributed by atoms with van der Waals surface area (Å²) in [5.74, 6) is 1.11. The number of aliphatic imine (C=N–C) groups is 1. The van der Waals surface area contributed by atoms with E-state index in [2.05, 4.69) is 28.8 Å². The molecule has 0 aromatic heterocycles. The van der Waals surface area contributed by atoms with Crippen LogP contribution in [0.2, 0.25) is 0 Å². The lowest BCUT2D eigenvalue weighted by atomic mass is 9.99. The van der Waals surface area contributed by atoms with Crippen LogP contribution in [0.3, 0.4) is 0 Å². The highest BCUT2D eigenvalue weighted by molar-refractivity contribution is 6.30. The molecule has 1 rings (SSSR count). The standard InChI is InChI=1S/C23H35ClN4O3/c1-8-25-20(26-9-2)15-16-27-22(4,17-30-7)21(29)28(6)23(5,18(3)24)31-19-13-11-10-12-14-19/h8,10-14,27H,1,3,9,15-17H2,2,4-7H3,(H,25,26). The van der Waals surface area contributed by atoms with Crippen molar-refractivity contribution in [2.75, 3.05) is 33.9 Å². The Balaban J connectivity index is 3.05. The Hall–Kier alpha value is -2.35. The number of carbonyl (C=O) groups excluding carboxylic acids is 1. The molecule has 2 N–H and O–H groups in total. The van der Waals surface area contributed by atoms with E-state index in [1.807, 2.05) is 25.1 Å². The molecule has 8 heteroatoms. The number of likely N-dealkylation sites (N-methyl/N-ethyl adjacent to an activating group) is 1. The summed E-state index contributed by atoms with van der Waals surface area (Å²) in [6, 6.07) is 9.16. The van der Waals surface area contributed by atoms with Crippen molar-refractivity contribution >= 4 is 23.3 Å². The van der Waals surface area contributed by atoms with Crippen molar-refractivity contribution in [1.82, 2.24) is 15.5 Å². The van der Waals surface area contributed by atoms with Gasteiger partial charge in [0, 0.05) is 40.6 Å². The first-order chi connectivity index (χ1) is 14.6. The zero-order chi connectivity index (χ0) is 23.5. The number of hydrogen-bond acceptors (Lipinski definition) is 5. The number of carbonyl (C=O) groups is 1. The molecule has 0 fully saturated rings. The van der Waals surface area contributed by atoms with Crippen LogP contribution in [0.25, 0.3) is 0 Å². The number of nitrogens with one attached hydrogen (secondary N) is 2. The maximum absolute atomic E-state index is 13.6. The van der Waals surface area contributed by atoms with Crippen molar-refractivity contribution in [3.05, 3.63) is 54.7 Å². The molecule has 0 heterocycles. The lowest BCUT2D eigenvalue weighted by Gasteiger charge is -2.42. The molecule has 0 aliphatic heterocycles. The number of ether oxygens (including phenoxy) is 2. The number of amides is 1. The molecule has 7 nitrogen and oxygen atoms in total. The summed E-state index contributed by atoms with van der Waals surface area (Å²) < 4.78 is 11.4. The minimum absolute atomic E-state index is 0.154. The topological polar surface area (TPSA) is 75.2 Å². The molecule has 0 aliphatic rings. The van der Waals surface area contributed by atoms with Crippen LogP contribution in [-0.4, -0.2) is 61.8 Å². The van der Waals surface area contributed by atoms with E-state index in [9.17, 15) is 4.79 Å². The number of methoxy groups -OCH3 is 1. The maximum atomic E-state index is 13.6. The van der Waals surface area contributed by atoms with Gasteiger partial charge in [-0.05, 0) is 32.2 Å². The van der Waals surface area contributed by atoms with Crippen molar-refractivity contribution in [3.8, 4) is 5.75 Å². The van der Waals surface area contributed by atoms with E-state index in [-0.39, 0.29) is 17.5 Å². The summed E-state index contributed by atoms with van der Waals surface area (Å²) in [4.78, 5) is 19.4. The minimum Gasteiger partial charge on any atom is -0.463 e. The molecule has 2 unspecified atom stereocenters. The molecular weight excluding hydrogens is 416 g/mol. The molecule has 1 aromatic carbocycles. The van der Waals surface area contributed by atoms with Gasteiger partial charge in [0.05, 0.1) is 11.6 Å². The third kappa shape index (κ3) is 7.38. The Morgan fingerprint density at radius 3 is 2.48 bits per heavy atom. The van der Waals surface area contributed by atoms with Gasteiger partial charge in [-0.25, -0.2) is 0 Å². The summed E-state index contributed by atoms with van der Waals surface area (Å²) in [7, 11) is 3.19. The van der Waals surface area contributed by atoms with Crippen LogP contribution in [0.15, 0.2) is 59.7 Å². The molecule has 1 amide bonds. The Kier molecular flexibility index (Phi) is 10.8. The van der Waals surface area contributed by atoms with Crippen LogP contribution in [-0.2, 0) is 9.53 Å².